The van der Waals surface area contributed by atoms with E-state index in [1.54, 1.807) is 6.92 Å². The third-order valence-electron chi connectivity index (χ3n) is 1.36. The monoisotopic (exact) mass is 125 g/mol. The highest BCUT2D eigenvalue weighted by atomic mass is 15.0. The van der Waals surface area contributed by atoms with Crippen molar-refractivity contribution in [2.75, 3.05) is 0 Å². The quantitative estimate of drug-likeness (QED) is 0.576. The van der Waals surface area contributed by atoms with Gasteiger partial charge in [-0.25, -0.2) is 5.53 Å². The van der Waals surface area contributed by atoms with E-state index in [9.17, 15) is 0 Å². The fraction of sp³-hybridized carbons (Fsp3) is 0.833. The van der Waals surface area contributed by atoms with Gasteiger partial charge in [-0.05, 0) is 13.3 Å². The van der Waals surface area contributed by atoms with Gasteiger partial charge in [0.25, 0.3) is 0 Å². The summed E-state index contributed by atoms with van der Waals surface area (Å²) in [6.45, 7) is 3.71. The molecule has 3 nitrogen and oxygen atoms in total. The molecule has 0 fully saturated rings. The molecule has 9 heavy (non-hydrogen) atoms. The number of nitrogens with one attached hydrogen (secondary N) is 1. The van der Waals surface area contributed by atoms with Gasteiger partial charge in [-0.3, -0.25) is 0 Å². The molecule has 0 aliphatic rings. The maximum absolute atomic E-state index is 8.37. The molecule has 0 aromatic carbocycles. The Labute approximate surface area is 55.2 Å². The molecule has 0 bridgehead atoms. The fourth-order valence-corrected chi connectivity index (χ4v) is 0.643. The van der Waals surface area contributed by atoms with Crippen molar-refractivity contribution in [1.29, 1.82) is 10.8 Å². The second-order valence-electron chi connectivity index (χ2n) is 2.02. The van der Waals surface area contributed by atoms with Gasteiger partial charge in [-0.15, -0.1) is 0 Å². The van der Waals surface area contributed by atoms with Crippen molar-refractivity contribution in [3.63, 3.8) is 0 Å². The van der Waals surface area contributed by atoms with Crippen molar-refractivity contribution >= 4 is 0 Å². The highest BCUT2D eigenvalue weighted by Crippen LogP contribution is 2.08. The van der Waals surface area contributed by atoms with Crippen LogP contribution in [-0.4, -0.2) is 6.04 Å². The van der Waals surface area contributed by atoms with Crippen molar-refractivity contribution in [3.8, 4) is 6.07 Å². The fourth-order valence-electron chi connectivity index (χ4n) is 0.643. The molecule has 0 rings (SSSR count). The van der Waals surface area contributed by atoms with Gasteiger partial charge in [-0.2, -0.15) is 10.4 Å². The summed E-state index contributed by atoms with van der Waals surface area (Å²) < 4.78 is 0. The maximum Gasteiger partial charge on any atom is 0.0858 e. The lowest BCUT2D eigenvalue weighted by Gasteiger charge is -2.07. The van der Waals surface area contributed by atoms with Crippen LogP contribution in [-0.2, 0) is 0 Å². The smallest absolute Gasteiger partial charge is 0.0858 e. The first kappa shape index (κ1) is 8.09. The van der Waals surface area contributed by atoms with E-state index in [0.717, 1.165) is 6.42 Å². The molecule has 0 spiro atoms. The Morgan fingerprint density at radius 3 is 2.44 bits per heavy atom. The van der Waals surface area contributed by atoms with Crippen LogP contribution < -0.4 is 0 Å². The normalized spacial score (nSPS) is 15.7. The number of hydrogen-bond acceptors (Lipinski definition) is 3. The van der Waals surface area contributed by atoms with Crippen molar-refractivity contribution in [3.05, 3.63) is 0 Å². The molecule has 50 valence electrons. The third-order valence-corrected chi connectivity index (χ3v) is 1.36. The van der Waals surface area contributed by atoms with Gasteiger partial charge in [0.2, 0.25) is 0 Å². The van der Waals surface area contributed by atoms with Crippen LogP contribution >= 0.6 is 0 Å². The molecule has 2 atom stereocenters. The third kappa shape index (κ3) is 2.22. The summed E-state index contributed by atoms with van der Waals surface area (Å²) in [5.41, 5.74) is 6.67. The Morgan fingerprint density at radius 1 is 1.78 bits per heavy atom. The van der Waals surface area contributed by atoms with E-state index in [0.29, 0.717) is 0 Å². The second kappa shape index (κ2) is 4.02. The van der Waals surface area contributed by atoms with Crippen LogP contribution in [0.1, 0.15) is 20.3 Å². The van der Waals surface area contributed by atoms with Gasteiger partial charge in [-0.1, -0.05) is 6.92 Å². The first-order chi connectivity index (χ1) is 4.26. The first-order valence-electron chi connectivity index (χ1n) is 3.02. The van der Waals surface area contributed by atoms with E-state index in [1.165, 1.54) is 0 Å². The number of nitrogens with zero attached hydrogens (tertiary/aromatic N) is 2. The van der Waals surface area contributed by atoms with E-state index in [4.69, 9.17) is 10.8 Å². The van der Waals surface area contributed by atoms with Crippen LogP contribution in [0.3, 0.4) is 0 Å². The molecule has 0 radical (unpaired) electrons. The van der Waals surface area contributed by atoms with Gasteiger partial charge in [0.15, 0.2) is 0 Å². The van der Waals surface area contributed by atoms with Crippen molar-refractivity contribution in [2.45, 2.75) is 26.3 Å². The van der Waals surface area contributed by atoms with Crippen LogP contribution in [0.15, 0.2) is 5.11 Å². The van der Waals surface area contributed by atoms with E-state index >= 15 is 0 Å². The van der Waals surface area contributed by atoms with Crippen molar-refractivity contribution in [2.24, 2.45) is 11.0 Å². The minimum Gasteiger partial charge on any atom is -0.210 e. The van der Waals surface area contributed by atoms with Gasteiger partial charge in [0.1, 0.15) is 0 Å². The molecule has 0 aromatic heterocycles. The summed E-state index contributed by atoms with van der Waals surface area (Å²) in [7, 11) is 0. The lowest BCUT2D eigenvalue weighted by Crippen LogP contribution is -2.11. The largest absolute Gasteiger partial charge is 0.210 e. The summed E-state index contributed by atoms with van der Waals surface area (Å²) in [5.74, 6) is -0.118. The maximum atomic E-state index is 8.37. The minimum absolute atomic E-state index is 0.102. The van der Waals surface area contributed by atoms with E-state index in [1.807, 2.05) is 6.92 Å². The molecule has 2 unspecified atom stereocenters. The van der Waals surface area contributed by atoms with Crippen LogP contribution in [0.25, 0.3) is 0 Å². The van der Waals surface area contributed by atoms with E-state index in [2.05, 4.69) is 11.2 Å². The zero-order valence-electron chi connectivity index (χ0n) is 5.76. The SMILES string of the molecule is CCC(N=N)C(C)C#N. The molecule has 0 amide bonds. The van der Waals surface area contributed by atoms with Gasteiger partial charge < -0.3 is 0 Å². The molecule has 0 heterocycles. The Hall–Kier alpha value is -0.910. The molecule has 0 saturated heterocycles. The molecule has 0 aliphatic heterocycles. The standard InChI is InChI=1S/C6H11N3/c1-3-6(9-8)5(2)4-7/h5-6,8H,3H2,1-2H3. The average molecular weight is 125 g/mol. The highest BCUT2D eigenvalue weighted by Gasteiger charge is 2.11. The van der Waals surface area contributed by atoms with Crippen LogP contribution in [0.5, 0.6) is 0 Å². The van der Waals surface area contributed by atoms with Crippen LogP contribution in [0, 0.1) is 22.8 Å². The molecule has 1 N–H and O–H groups in total. The van der Waals surface area contributed by atoms with Gasteiger partial charge in [0, 0.05) is 0 Å². The summed E-state index contributed by atoms with van der Waals surface area (Å²) in [6.07, 6.45) is 0.776. The molecule has 0 saturated carbocycles. The predicted octanol–water partition coefficient (Wildman–Crippen LogP) is 1.96. The average Bonchev–Trinajstić information content (AvgIpc) is 1.90. The second-order valence-corrected chi connectivity index (χ2v) is 2.02. The Kier molecular flexibility index (Phi) is 3.61. The number of rotatable bonds is 3. The Balaban J connectivity index is 3.82. The molecule has 3 heteroatoms. The topological polar surface area (TPSA) is 60.0 Å². The van der Waals surface area contributed by atoms with Crippen molar-refractivity contribution in [1.82, 2.24) is 0 Å². The Bertz CT molecular complexity index is 125. The summed E-state index contributed by atoms with van der Waals surface area (Å²) in [6, 6.07) is 1.95. The van der Waals surface area contributed by atoms with Gasteiger partial charge in [0.05, 0.1) is 18.0 Å². The molecule has 0 aromatic rings. The Morgan fingerprint density at radius 2 is 2.33 bits per heavy atom. The zero-order valence-corrected chi connectivity index (χ0v) is 5.76. The van der Waals surface area contributed by atoms with E-state index < -0.39 is 0 Å². The zero-order chi connectivity index (χ0) is 7.28. The van der Waals surface area contributed by atoms with Gasteiger partial charge >= 0.3 is 0 Å². The van der Waals surface area contributed by atoms with E-state index in [-0.39, 0.29) is 12.0 Å². The minimum atomic E-state index is -0.118. The molecular formula is C6H11N3. The number of hydrogen-bond donors (Lipinski definition) is 1. The summed E-state index contributed by atoms with van der Waals surface area (Å²) >= 11 is 0. The summed E-state index contributed by atoms with van der Waals surface area (Å²) in [5, 5.41) is 11.7. The summed E-state index contributed by atoms with van der Waals surface area (Å²) in [4.78, 5) is 0. The highest BCUT2D eigenvalue weighted by molar-refractivity contribution is 4.86. The van der Waals surface area contributed by atoms with Crippen LogP contribution in [0.2, 0.25) is 0 Å². The lowest BCUT2D eigenvalue weighted by molar-refractivity contribution is 0.505. The lowest BCUT2D eigenvalue weighted by atomic mass is 10.0. The molecule has 0 aliphatic carbocycles. The number of nitriles is 1. The first-order valence-corrected chi connectivity index (χ1v) is 3.02. The van der Waals surface area contributed by atoms with Crippen LogP contribution in [0.4, 0.5) is 0 Å². The molecular weight excluding hydrogens is 114 g/mol. The predicted molar refractivity (Wildman–Crippen MR) is 34.0 cm³/mol. The van der Waals surface area contributed by atoms with Crippen molar-refractivity contribution < 1.29 is 0 Å².